The predicted octanol–water partition coefficient (Wildman–Crippen LogP) is 3.15. The first-order valence-electron chi connectivity index (χ1n) is 7.01. The van der Waals surface area contributed by atoms with Crippen molar-refractivity contribution in [3.05, 3.63) is 60.2 Å². The monoisotopic (exact) mass is 282 g/mol. The fraction of sp³-hybridized carbons (Fsp3) is 0.235. The van der Waals surface area contributed by atoms with Gasteiger partial charge in [0.15, 0.2) is 0 Å². The lowest BCUT2D eigenvalue weighted by Crippen LogP contribution is -2.09. The van der Waals surface area contributed by atoms with E-state index in [1.165, 1.54) is 0 Å². The number of ether oxygens (including phenoxy) is 1. The molecule has 108 valence electrons. The molecule has 3 rings (SSSR count). The number of aliphatic hydroxyl groups is 1. The van der Waals surface area contributed by atoms with Crippen molar-refractivity contribution in [2.75, 3.05) is 7.11 Å². The summed E-state index contributed by atoms with van der Waals surface area (Å²) in [6.07, 6.45) is 2.84. The molecule has 0 fully saturated rings. The van der Waals surface area contributed by atoms with E-state index in [0.29, 0.717) is 5.82 Å². The van der Waals surface area contributed by atoms with Crippen LogP contribution in [0.1, 0.15) is 24.4 Å². The van der Waals surface area contributed by atoms with Crippen molar-refractivity contribution in [2.24, 2.45) is 0 Å². The summed E-state index contributed by atoms with van der Waals surface area (Å²) < 4.78 is 7.34. The van der Waals surface area contributed by atoms with Gasteiger partial charge in [0.25, 0.3) is 0 Å². The molecule has 1 atom stereocenters. The molecule has 0 spiro atoms. The van der Waals surface area contributed by atoms with Gasteiger partial charge in [-0.1, -0.05) is 30.3 Å². The van der Waals surface area contributed by atoms with Crippen molar-refractivity contribution in [1.82, 2.24) is 9.55 Å². The number of methoxy groups -OCH3 is 1. The van der Waals surface area contributed by atoms with Crippen molar-refractivity contribution in [2.45, 2.75) is 19.6 Å². The Morgan fingerprint density at radius 1 is 1.19 bits per heavy atom. The fourth-order valence-corrected chi connectivity index (χ4v) is 2.69. The number of hydrogen-bond donors (Lipinski definition) is 1. The molecule has 1 aromatic heterocycles. The van der Waals surface area contributed by atoms with Crippen LogP contribution >= 0.6 is 0 Å². The summed E-state index contributed by atoms with van der Waals surface area (Å²) in [6.45, 7) is 2.81. The first kappa shape index (κ1) is 13.6. The summed E-state index contributed by atoms with van der Waals surface area (Å²) in [4.78, 5) is 4.29. The quantitative estimate of drug-likeness (QED) is 0.799. The third kappa shape index (κ3) is 2.28. The lowest BCUT2D eigenvalue weighted by atomic mass is 9.99. The summed E-state index contributed by atoms with van der Waals surface area (Å²) in [5.41, 5.74) is 0.840. The molecule has 0 bridgehead atoms. The van der Waals surface area contributed by atoms with E-state index in [0.717, 1.165) is 28.6 Å². The Bertz CT molecular complexity index is 764. The maximum Gasteiger partial charge on any atom is 0.142 e. The van der Waals surface area contributed by atoms with E-state index in [9.17, 15) is 5.11 Å². The number of aliphatic hydroxyl groups excluding tert-OH is 1. The van der Waals surface area contributed by atoms with Crippen LogP contribution in [0.15, 0.2) is 48.8 Å². The number of hydrogen-bond acceptors (Lipinski definition) is 3. The Hall–Kier alpha value is -2.33. The molecule has 3 aromatic rings. The molecular formula is C17H18N2O2. The topological polar surface area (TPSA) is 47.3 Å². The molecule has 0 radical (unpaired) electrons. The van der Waals surface area contributed by atoms with Crippen molar-refractivity contribution in [3.63, 3.8) is 0 Å². The van der Waals surface area contributed by atoms with Gasteiger partial charge in [0.1, 0.15) is 17.7 Å². The standard InChI is InChI=1S/C17H18N2O2/c1-3-19-11-10-18-17(19)16(20)14-8-9-15(21-2)13-7-5-4-6-12(13)14/h4-11,16,20H,3H2,1-2H3. The lowest BCUT2D eigenvalue weighted by molar-refractivity contribution is 0.206. The third-order valence-electron chi connectivity index (χ3n) is 3.77. The number of imidazole rings is 1. The number of aryl methyl sites for hydroxylation is 1. The molecule has 0 aliphatic carbocycles. The smallest absolute Gasteiger partial charge is 0.142 e. The average Bonchev–Trinajstić information content (AvgIpc) is 3.01. The Kier molecular flexibility index (Phi) is 3.62. The van der Waals surface area contributed by atoms with Gasteiger partial charge in [-0.15, -0.1) is 0 Å². The Labute approximate surface area is 123 Å². The molecule has 0 aliphatic heterocycles. The fourth-order valence-electron chi connectivity index (χ4n) is 2.69. The third-order valence-corrected chi connectivity index (χ3v) is 3.77. The minimum absolute atomic E-state index is 0.660. The first-order chi connectivity index (χ1) is 10.3. The molecule has 0 amide bonds. The van der Waals surface area contributed by atoms with Gasteiger partial charge in [-0.25, -0.2) is 4.98 Å². The number of benzene rings is 2. The summed E-state index contributed by atoms with van der Waals surface area (Å²) in [6, 6.07) is 11.7. The molecule has 4 heteroatoms. The van der Waals surface area contributed by atoms with Gasteiger partial charge >= 0.3 is 0 Å². The molecule has 0 aliphatic rings. The SMILES string of the molecule is CCn1ccnc1C(O)c1ccc(OC)c2ccccc12. The molecule has 1 N–H and O–H groups in total. The van der Waals surface area contributed by atoms with Crippen LogP contribution in [0.2, 0.25) is 0 Å². The summed E-state index contributed by atoms with van der Waals surface area (Å²) in [5, 5.41) is 12.7. The summed E-state index contributed by atoms with van der Waals surface area (Å²) in [5.74, 6) is 1.47. The van der Waals surface area contributed by atoms with Gasteiger partial charge in [-0.3, -0.25) is 0 Å². The van der Waals surface area contributed by atoms with Crippen LogP contribution in [0, 0.1) is 0 Å². The zero-order valence-corrected chi connectivity index (χ0v) is 12.2. The van der Waals surface area contributed by atoms with Crippen molar-refractivity contribution >= 4 is 10.8 Å². The Balaban J connectivity index is 2.17. The minimum Gasteiger partial charge on any atom is -0.496 e. The highest BCUT2D eigenvalue weighted by Gasteiger charge is 2.19. The zero-order chi connectivity index (χ0) is 14.8. The second-order valence-corrected chi connectivity index (χ2v) is 4.88. The Morgan fingerprint density at radius 3 is 2.67 bits per heavy atom. The van der Waals surface area contributed by atoms with E-state index in [-0.39, 0.29) is 0 Å². The number of rotatable bonds is 4. The van der Waals surface area contributed by atoms with E-state index in [1.807, 2.05) is 54.1 Å². The molecule has 1 unspecified atom stereocenters. The van der Waals surface area contributed by atoms with Gasteiger partial charge in [-0.2, -0.15) is 0 Å². The molecular weight excluding hydrogens is 264 g/mol. The predicted molar refractivity (Wildman–Crippen MR) is 82.5 cm³/mol. The number of fused-ring (bicyclic) bond motifs is 1. The molecule has 2 aromatic carbocycles. The van der Waals surface area contributed by atoms with E-state index >= 15 is 0 Å². The highest BCUT2D eigenvalue weighted by atomic mass is 16.5. The maximum absolute atomic E-state index is 10.7. The average molecular weight is 282 g/mol. The van der Waals surface area contributed by atoms with Crippen molar-refractivity contribution in [3.8, 4) is 5.75 Å². The normalized spacial score (nSPS) is 12.5. The number of nitrogens with zero attached hydrogens (tertiary/aromatic N) is 2. The summed E-state index contributed by atoms with van der Waals surface area (Å²) >= 11 is 0. The van der Waals surface area contributed by atoms with Crippen molar-refractivity contribution < 1.29 is 9.84 Å². The molecule has 0 saturated heterocycles. The number of aromatic nitrogens is 2. The Morgan fingerprint density at radius 2 is 1.95 bits per heavy atom. The minimum atomic E-state index is -0.754. The summed E-state index contributed by atoms with van der Waals surface area (Å²) in [7, 11) is 1.65. The largest absolute Gasteiger partial charge is 0.496 e. The van der Waals surface area contributed by atoms with Crippen LogP contribution < -0.4 is 4.74 Å². The van der Waals surface area contributed by atoms with Gasteiger partial charge in [-0.05, 0) is 23.9 Å². The second kappa shape index (κ2) is 5.58. The van der Waals surface area contributed by atoms with Gasteiger partial charge in [0.2, 0.25) is 0 Å². The first-order valence-corrected chi connectivity index (χ1v) is 7.01. The van der Waals surface area contributed by atoms with Crippen LogP contribution in [0.5, 0.6) is 5.75 Å². The molecule has 0 saturated carbocycles. The van der Waals surface area contributed by atoms with Crippen LogP contribution in [0.25, 0.3) is 10.8 Å². The zero-order valence-electron chi connectivity index (χ0n) is 12.2. The van der Waals surface area contributed by atoms with E-state index in [2.05, 4.69) is 4.98 Å². The maximum atomic E-state index is 10.7. The van der Waals surface area contributed by atoms with Gasteiger partial charge in [0.05, 0.1) is 7.11 Å². The van der Waals surface area contributed by atoms with E-state index in [4.69, 9.17) is 4.74 Å². The highest BCUT2D eigenvalue weighted by molar-refractivity contribution is 5.91. The van der Waals surface area contributed by atoms with Crippen LogP contribution in [0.4, 0.5) is 0 Å². The molecule has 1 heterocycles. The van der Waals surface area contributed by atoms with Crippen molar-refractivity contribution in [1.29, 1.82) is 0 Å². The molecule has 21 heavy (non-hydrogen) atoms. The van der Waals surface area contributed by atoms with Gasteiger partial charge < -0.3 is 14.4 Å². The van der Waals surface area contributed by atoms with E-state index < -0.39 is 6.10 Å². The second-order valence-electron chi connectivity index (χ2n) is 4.88. The van der Waals surface area contributed by atoms with E-state index in [1.54, 1.807) is 13.3 Å². The highest BCUT2D eigenvalue weighted by Crippen LogP contribution is 2.33. The van der Waals surface area contributed by atoms with Crippen LogP contribution in [-0.2, 0) is 6.54 Å². The van der Waals surface area contributed by atoms with Crippen LogP contribution in [0.3, 0.4) is 0 Å². The van der Waals surface area contributed by atoms with Crippen LogP contribution in [-0.4, -0.2) is 21.8 Å². The lowest BCUT2D eigenvalue weighted by Gasteiger charge is -2.16. The molecule has 4 nitrogen and oxygen atoms in total. The van der Waals surface area contributed by atoms with Gasteiger partial charge in [0, 0.05) is 24.3 Å².